The Morgan fingerprint density at radius 3 is 2.47 bits per heavy atom. The Morgan fingerprint density at radius 1 is 1.30 bits per heavy atom. The molecule has 0 amide bonds. The van der Waals surface area contributed by atoms with Gasteiger partial charge in [-0.15, -0.1) is 11.8 Å². The van der Waals surface area contributed by atoms with E-state index in [0.717, 1.165) is 11.8 Å². The summed E-state index contributed by atoms with van der Waals surface area (Å²) in [5.41, 5.74) is 6.05. The van der Waals surface area contributed by atoms with E-state index < -0.39 is 58.7 Å². The SMILES string of the molecule is CC1(C)S[C@@H]([C@@H](N=C([O-])Cc2ccccc2)C(=O)OC[C@H](N)C(=O)O)NC1C(=O)O. The van der Waals surface area contributed by atoms with E-state index in [-0.39, 0.29) is 6.42 Å². The van der Waals surface area contributed by atoms with Gasteiger partial charge in [0.2, 0.25) is 0 Å². The largest absolute Gasteiger partial charge is 0.862 e. The summed E-state index contributed by atoms with van der Waals surface area (Å²) >= 11 is 1.14. The number of nitrogens with one attached hydrogen (secondary N) is 1. The third-order valence-electron chi connectivity index (χ3n) is 4.44. The first kappa shape index (κ1) is 23.6. The van der Waals surface area contributed by atoms with Gasteiger partial charge in [-0.2, -0.15) is 0 Å². The average Bonchev–Trinajstić information content (AvgIpc) is 2.99. The molecule has 1 aromatic carbocycles. The highest BCUT2D eigenvalue weighted by atomic mass is 32.2. The number of nitrogens with zero attached hydrogens (tertiary/aromatic N) is 1. The molecule has 0 radical (unpaired) electrons. The number of rotatable bonds is 9. The van der Waals surface area contributed by atoms with E-state index in [1.807, 2.05) is 0 Å². The van der Waals surface area contributed by atoms with Crippen molar-refractivity contribution in [2.45, 2.75) is 48.5 Å². The van der Waals surface area contributed by atoms with E-state index in [9.17, 15) is 24.6 Å². The summed E-state index contributed by atoms with van der Waals surface area (Å²) in [5.74, 6) is -4.01. The predicted molar refractivity (Wildman–Crippen MR) is 108 cm³/mol. The van der Waals surface area contributed by atoms with Gasteiger partial charge in [0, 0.05) is 11.2 Å². The second kappa shape index (κ2) is 9.92. The molecule has 0 aliphatic carbocycles. The monoisotopic (exact) mass is 438 g/mol. The maximum Gasteiger partial charge on any atom is 0.333 e. The highest BCUT2D eigenvalue weighted by Gasteiger charge is 2.49. The number of aliphatic imine (C=N–C) groups is 1. The number of carbonyl (C=O) groups excluding carboxylic acids is 1. The molecule has 11 heteroatoms. The first-order valence-electron chi connectivity index (χ1n) is 9.10. The normalized spacial score (nSPS) is 22.8. The molecule has 164 valence electrons. The van der Waals surface area contributed by atoms with E-state index in [1.54, 1.807) is 44.2 Å². The average molecular weight is 438 g/mol. The third-order valence-corrected chi connectivity index (χ3v) is 5.93. The highest BCUT2D eigenvalue weighted by molar-refractivity contribution is 8.01. The summed E-state index contributed by atoms with van der Waals surface area (Å²) in [4.78, 5) is 39.0. The molecule has 0 bridgehead atoms. The fraction of sp³-hybridized carbons (Fsp3) is 0.474. The van der Waals surface area contributed by atoms with Crippen LogP contribution in [0.15, 0.2) is 35.3 Å². The Morgan fingerprint density at radius 2 is 1.93 bits per heavy atom. The molecule has 30 heavy (non-hydrogen) atoms. The minimum absolute atomic E-state index is 0.0532. The van der Waals surface area contributed by atoms with Crippen LogP contribution in [-0.4, -0.2) is 68.9 Å². The van der Waals surface area contributed by atoms with E-state index >= 15 is 0 Å². The van der Waals surface area contributed by atoms with Crippen LogP contribution in [0.1, 0.15) is 19.4 Å². The topological polar surface area (TPSA) is 174 Å². The molecule has 1 aliphatic heterocycles. The number of nitrogens with two attached hydrogens (primary N) is 1. The van der Waals surface area contributed by atoms with E-state index in [2.05, 4.69) is 10.3 Å². The molecular weight excluding hydrogens is 414 g/mol. The van der Waals surface area contributed by atoms with Gasteiger partial charge in [-0.3, -0.25) is 19.9 Å². The Kier molecular flexibility index (Phi) is 7.82. The van der Waals surface area contributed by atoms with Gasteiger partial charge in [-0.25, -0.2) is 4.79 Å². The van der Waals surface area contributed by atoms with Gasteiger partial charge >= 0.3 is 17.9 Å². The molecule has 10 nitrogen and oxygen atoms in total. The molecule has 2 rings (SSSR count). The van der Waals surface area contributed by atoms with Crippen molar-refractivity contribution in [2.75, 3.05) is 6.61 Å². The van der Waals surface area contributed by atoms with Crippen molar-refractivity contribution in [2.24, 2.45) is 10.7 Å². The molecule has 0 saturated carbocycles. The molecule has 0 spiro atoms. The number of thioether (sulfide) groups is 1. The zero-order valence-corrected chi connectivity index (χ0v) is 17.3. The van der Waals surface area contributed by atoms with Crippen LogP contribution in [0.5, 0.6) is 0 Å². The smallest absolute Gasteiger partial charge is 0.333 e. The van der Waals surface area contributed by atoms with Crippen LogP contribution in [0.4, 0.5) is 0 Å². The number of aliphatic carboxylic acids is 2. The molecule has 5 N–H and O–H groups in total. The number of hydrogen-bond acceptors (Lipinski definition) is 9. The van der Waals surface area contributed by atoms with E-state index in [0.29, 0.717) is 5.56 Å². The van der Waals surface area contributed by atoms with Crippen molar-refractivity contribution < 1.29 is 34.4 Å². The Hall–Kier alpha value is -2.63. The Balaban J connectivity index is 2.23. The molecule has 0 aromatic heterocycles. The van der Waals surface area contributed by atoms with Crippen LogP contribution >= 0.6 is 11.8 Å². The molecule has 1 aliphatic rings. The van der Waals surface area contributed by atoms with Crippen molar-refractivity contribution in [3.8, 4) is 0 Å². The number of hydrogen-bond donors (Lipinski definition) is 4. The molecule has 1 saturated heterocycles. The number of carbonyl (C=O) groups is 3. The number of esters is 1. The van der Waals surface area contributed by atoms with Gasteiger partial charge in [0.05, 0.1) is 5.37 Å². The zero-order chi connectivity index (χ0) is 22.5. The molecular formula is C19H24N3O7S-. The van der Waals surface area contributed by atoms with E-state index in [4.69, 9.17) is 15.6 Å². The van der Waals surface area contributed by atoms with Crippen molar-refractivity contribution >= 4 is 35.6 Å². The van der Waals surface area contributed by atoms with Gasteiger partial charge in [0.1, 0.15) is 18.7 Å². The highest BCUT2D eigenvalue weighted by Crippen LogP contribution is 2.40. The second-order valence-corrected chi connectivity index (χ2v) is 9.08. The third kappa shape index (κ3) is 6.18. The van der Waals surface area contributed by atoms with Crippen LogP contribution in [0.2, 0.25) is 0 Å². The second-order valence-electron chi connectivity index (χ2n) is 7.28. The van der Waals surface area contributed by atoms with E-state index in [1.165, 1.54) is 0 Å². The number of benzene rings is 1. The lowest BCUT2D eigenvalue weighted by Crippen LogP contribution is -2.48. The molecule has 1 aromatic rings. The van der Waals surface area contributed by atoms with Gasteiger partial charge in [-0.05, 0) is 25.3 Å². The lowest BCUT2D eigenvalue weighted by atomic mass is 10.0. The lowest BCUT2D eigenvalue weighted by molar-refractivity contribution is -0.218. The maximum atomic E-state index is 12.6. The zero-order valence-electron chi connectivity index (χ0n) is 16.5. The van der Waals surface area contributed by atoms with Crippen molar-refractivity contribution in [3.05, 3.63) is 35.9 Å². The Bertz CT molecular complexity index is 816. The summed E-state index contributed by atoms with van der Waals surface area (Å²) in [7, 11) is 0. The van der Waals surface area contributed by atoms with Crippen molar-refractivity contribution in [3.63, 3.8) is 0 Å². The minimum Gasteiger partial charge on any atom is -0.862 e. The quantitative estimate of drug-likeness (QED) is 0.217. The van der Waals surface area contributed by atoms with Crippen LogP contribution in [0, 0.1) is 0 Å². The molecule has 4 atom stereocenters. The summed E-state index contributed by atoms with van der Waals surface area (Å²) in [6.45, 7) is 2.78. The van der Waals surface area contributed by atoms with Crippen LogP contribution < -0.4 is 16.2 Å². The number of carboxylic acids is 2. The molecule has 1 unspecified atom stereocenters. The summed E-state index contributed by atoms with van der Waals surface area (Å²) < 4.78 is 4.18. The standard InChI is InChI=1S/C19H25N3O7S/c1-19(2)14(17(26)27)22-15(30-19)13(18(28)29-9-11(20)16(24)25)21-12(23)8-10-6-4-3-5-7-10/h3-7,11,13-15,22H,8-9,20H2,1-2H3,(H,21,23)(H,24,25)(H,26,27)/p-1/t11-,13+,14?,15-/m0/s1. The van der Waals surface area contributed by atoms with Gasteiger partial charge < -0.3 is 25.8 Å². The maximum absolute atomic E-state index is 12.6. The number of ether oxygens (including phenoxy) is 1. The summed E-state index contributed by atoms with van der Waals surface area (Å²) in [6.07, 6.45) is -0.0532. The fourth-order valence-electron chi connectivity index (χ4n) is 2.86. The molecule has 1 heterocycles. The number of carboxylic acid groups (broad SMARTS) is 2. The predicted octanol–water partition coefficient (Wildman–Crippen LogP) is -0.794. The van der Waals surface area contributed by atoms with Crippen molar-refractivity contribution in [1.29, 1.82) is 0 Å². The lowest BCUT2D eigenvalue weighted by Gasteiger charge is -2.23. The molecule has 1 fully saturated rings. The summed E-state index contributed by atoms with van der Waals surface area (Å²) in [5, 5.41) is 32.7. The van der Waals surface area contributed by atoms with Gasteiger partial charge in [-0.1, -0.05) is 30.3 Å². The van der Waals surface area contributed by atoms with Gasteiger partial charge in [0.25, 0.3) is 0 Å². The first-order valence-corrected chi connectivity index (χ1v) is 9.98. The van der Waals surface area contributed by atoms with Gasteiger partial charge in [0.15, 0.2) is 6.04 Å². The Labute approximate surface area is 177 Å². The van der Waals surface area contributed by atoms with Crippen LogP contribution in [0.25, 0.3) is 0 Å². The first-order chi connectivity index (χ1) is 14.0. The fourth-order valence-corrected chi connectivity index (χ4v) is 4.33. The van der Waals surface area contributed by atoms with Crippen LogP contribution in [-0.2, 0) is 25.5 Å². The van der Waals surface area contributed by atoms with Crippen molar-refractivity contribution in [1.82, 2.24) is 5.32 Å². The van der Waals surface area contributed by atoms with Crippen LogP contribution in [0.3, 0.4) is 0 Å². The minimum atomic E-state index is -1.43. The summed E-state index contributed by atoms with van der Waals surface area (Å²) in [6, 6.07) is 5.01.